The van der Waals surface area contributed by atoms with Crippen LogP contribution in [0.4, 0.5) is 0 Å². The summed E-state index contributed by atoms with van der Waals surface area (Å²) in [6, 6.07) is 13.5. The second-order valence-electron chi connectivity index (χ2n) is 4.67. The van der Waals surface area contributed by atoms with Crippen LogP contribution < -0.4 is 10.1 Å². The van der Waals surface area contributed by atoms with Crippen molar-refractivity contribution in [3.05, 3.63) is 59.9 Å². The molecule has 1 N–H and O–H groups in total. The van der Waals surface area contributed by atoms with Gasteiger partial charge in [-0.3, -0.25) is 9.78 Å². The van der Waals surface area contributed by atoms with E-state index in [-0.39, 0.29) is 12.5 Å². The average molecular weight is 284 g/mol. The number of nitrogens with one attached hydrogen (secondary N) is 1. The fourth-order valence-electron chi connectivity index (χ4n) is 2.01. The number of aryl methyl sites for hydroxylation is 1. The number of ether oxygens (including phenoxy) is 1. The minimum Gasteiger partial charge on any atom is -0.483 e. The first kappa shape index (κ1) is 15.0. The van der Waals surface area contributed by atoms with Crippen LogP contribution in [0.1, 0.15) is 18.2 Å². The van der Waals surface area contributed by atoms with Crippen molar-refractivity contribution in [2.75, 3.05) is 13.2 Å². The zero-order valence-electron chi connectivity index (χ0n) is 12.2. The Morgan fingerprint density at radius 2 is 2.00 bits per heavy atom. The van der Waals surface area contributed by atoms with Crippen LogP contribution in [-0.4, -0.2) is 24.0 Å². The van der Waals surface area contributed by atoms with Crippen LogP contribution in [0.15, 0.2) is 48.7 Å². The average Bonchev–Trinajstić information content (AvgIpc) is 2.54. The van der Waals surface area contributed by atoms with Crippen molar-refractivity contribution in [1.29, 1.82) is 0 Å². The molecule has 0 spiro atoms. The highest BCUT2D eigenvalue weighted by Gasteiger charge is 2.05. The number of benzene rings is 1. The molecule has 4 heteroatoms. The summed E-state index contributed by atoms with van der Waals surface area (Å²) >= 11 is 0. The van der Waals surface area contributed by atoms with Gasteiger partial charge in [-0.25, -0.2) is 0 Å². The lowest BCUT2D eigenvalue weighted by Crippen LogP contribution is -2.30. The number of carbonyl (C=O) groups excluding carboxylic acids is 1. The number of aromatic nitrogens is 1. The summed E-state index contributed by atoms with van der Waals surface area (Å²) in [7, 11) is 0. The summed E-state index contributed by atoms with van der Waals surface area (Å²) in [5.74, 6) is 0.664. The first-order valence-electron chi connectivity index (χ1n) is 7.17. The van der Waals surface area contributed by atoms with Crippen molar-refractivity contribution < 1.29 is 9.53 Å². The molecule has 4 nitrogen and oxygen atoms in total. The highest BCUT2D eigenvalue weighted by molar-refractivity contribution is 5.77. The summed E-state index contributed by atoms with van der Waals surface area (Å²) in [4.78, 5) is 16.0. The van der Waals surface area contributed by atoms with Crippen LogP contribution in [-0.2, 0) is 17.6 Å². The minimum atomic E-state index is -0.114. The van der Waals surface area contributed by atoms with E-state index in [1.54, 1.807) is 6.20 Å². The lowest BCUT2D eigenvalue weighted by molar-refractivity contribution is -0.123. The Bertz CT molecular complexity index is 570. The van der Waals surface area contributed by atoms with Crippen molar-refractivity contribution in [3.8, 4) is 5.75 Å². The lowest BCUT2D eigenvalue weighted by Gasteiger charge is -2.10. The first-order chi connectivity index (χ1) is 10.3. The summed E-state index contributed by atoms with van der Waals surface area (Å²) in [6.45, 7) is 2.67. The van der Waals surface area contributed by atoms with Crippen LogP contribution in [0.3, 0.4) is 0 Å². The molecule has 0 radical (unpaired) electrons. The highest BCUT2D eigenvalue weighted by Crippen LogP contribution is 2.17. The van der Waals surface area contributed by atoms with Crippen molar-refractivity contribution >= 4 is 5.91 Å². The summed E-state index contributed by atoms with van der Waals surface area (Å²) in [5, 5.41) is 2.83. The molecule has 0 unspecified atom stereocenters. The van der Waals surface area contributed by atoms with Gasteiger partial charge in [-0.05, 0) is 30.2 Å². The number of para-hydroxylation sites is 1. The highest BCUT2D eigenvalue weighted by atomic mass is 16.5. The monoisotopic (exact) mass is 284 g/mol. The Kier molecular flexibility index (Phi) is 5.76. The second-order valence-corrected chi connectivity index (χ2v) is 4.67. The van der Waals surface area contributed by atoms with Crippen molar-refractivity contribution in [2.24, 2.45) is 0 Å². The van der Waals surface area contributed by atoms with Gasteiger partial charge in [-0.15, -0.1) is 0 Å². The maximum atomic E-state index is 11.7. The molecule has 2 rings (SSSR count). The van der Waals surface area contributed by atoms with E-state index in [1.165, 1.54) is 0 Å². The van der Waals surface area contributed by atoms with Crippen LogP contribution in [0.2, 0.25) is 0 Å². The summed E-state index contributed by atoms with van der Waals surface area (Å²) in [5.41, 5.74) is 2.08. The quantitative estimate of drug-likeness (QED) is 0.849. The molecular weight excluding hydrogens is 264 g/mol. The zero-order valence-corrected chi connectivity index (χ0v) is 12.2. The molecule has 0 saturated carbocycles. The Labute approximate surface area is 125 Å². The van der Waals surface area contributed by atoms with Crippen LogP contribution >= 0.6 is 0 Å². The van der Waals surface area contributed by atoms with E-state index in [0.717, 1.165) is 29.8 Å². The van der Waals surface area contributed by atoms with Gasteiger partial charge in [-0.1, -0.05) is 31.2 Å². The maximum Gasteiger partial charge on any atom is 0.257 e. The molecule has 1 aromatic heterocycles. The van der Waals surface area contributed by atoms with Crippen LogP contribution in [0, 0.1) is 0 Å². The third-order valence-corrected chi connectivity index (χ3v) is 3.14. The van der Waals surface area contributed by atoms with E-state index >= 15 is 0 Å². The number of rotatable bonds is 7. The third kappa shape index (κ3) is 4.91. The Balaban J connectivity index is 1.72. The van der Waals surface area contributed by atoms with Gasteiger partial charge < -0.3 is 10.1 Å². The van der Waals surface area contributed by atoms with Gasteiger partial charge in [0.25, 0.3) is 5.91 Å². The number of pyridine rings is 1. The number of nitrogens with zero attached hydrogens (tertiary/aromatic N) is 1. The smallest absolute Gasteiger partial charge is 0.257 e. The van der Waals surface area contributed by atoms with Crippen molar-refractivity contribution in [1.82, 2.24) is 10.3 Å². The van der Waals surface area contributed by atoms with Crippen LogP contribution in [0.25, 0.3) is 0 Å². The molecule has 0 aliphatic rings. The van der Waals surface area contributed by atoms with Crippen molar-refractivity contribution in [3.63, 3.8) is 0 Å². The Morgan fingerprint density at radius 1 is 1.19 bits per heavy atom. The molecule has 21 heavy (non-hydrogen) atoms. The van der Waals surface area contributed by atoms with Gasteiger partial charge in [-0.2, -0.15) is 0 Å². The summed E-state index contributed by atoms with van der Waals surface area (Å²) < 4.78 is 5.56. The molecule has 2 aromatic rings. The zero-order chi connectivity index (χ0) is 14.9. The number of hydrogen-bond donors (Lipinski definition) is 1. The van der Waals surface area contributed by atoms with Crippen LogP contribution in [0.5, 0.6) is 5.75 Å². The van der Waals surface area contributed by atoms with Gasteiger partial charge in [0.2, 0.25) is 0 Å². The standard InChI is InChI=1S/C17H20N2O2/c1-2-14-7-3-4-9-16(14)21-13-17(20)19-12-10-15-8-5-6-11-18-15/h3-9,11H,2,10,12-13H2,1H3,(H,19,20). The van der Waals surface area contributed by atoms with Gasteiger partial charge in [0.15, 0.2) is 6.61 Å². The molecule has 0 atom stereocenters. The fourth-order valence-corrected chi connectivity index (χ4v) is 2.01. The van der Waals surface area contributed by atoms with E-state index < -0.39 is 0 Å². The third-order valence-electron chi connectivity index (χ3n) is 3.14. The molecule has 1 aromatic carbocycles. The fraction of sp³-hybridized carbons (Fsp3) is 0.294. The SMILES string of the molecule is CCc1ccccc1OCC(=O)NCCc1ccccn1. The molecule has 0 fully saturated rings. The first-order valence-corrected chi connectivity index (χ1v) is 7.17. The van der Waals surface area contributed by atoms with E-state index in [0.29, 0.717) is 6.54 Å². The van der Waals surface area contributed by atoms with Gasteiger partial charge >= 0.3 is 0 Å². The molecule has 0 saturated heterocycles. The van der Waals surface area contributed by atoms with Gasteiger partial charge in [0.05, 0.1) is 0 Å². The molecule has 0 bridgehead atoms. The normalized spacial score (nSPS) is 10.1. The largest absolute Gasteiger partial charge is 0.483 e. The summed E-state index contributed by atoms with van der Waals surface area (Å²) in [6.07, 6.45) is 3.36. The second kappa shape index (κ2) is 8.04. The molecule has 0 aliphatic carbocycles. The molecule has 1 heterocycles. The maximum absolute atomic E-state index is 11.7. The molecule has 0 aliphatic heterocycles. The number of amides is 1. The topological polar surface area (TPSA) is 51.2 Å². The predicted molar refractivity (Wildman–Crippen MR) is 82.3 cm³/mol. The van der Waals surface area contributed by atoms with Gasteiger partial charge in [0, 0.05) is 24.9 Å². The molecule has 1 amide bonds. The van der Waals surface area contributed by atoms with E-state index in [9.17, 15) is 4.79 Å². The van der Waals surface area contributed by atoms with Crippen molar-refractivity contribution in [2.45, 2.75) is 19.8 Å². The van der Waals surface area contributed by atoms with E-state index in [4.69, 9.17) is 4.74 Å². The minimum absolute atomic E-state index is 0.0409. The Morgan fingerprint density at radius 3 is 2.76 bits per heavy atom. The Hall–Kier alpha value is -2.36. The van der Waals surface area contributed by atoms with E-state index in [2.05, 4.69) is 17.2 Å². The predicted octanol–water partition coefficient (Wildman–Crippen LogP) is 2.38. The molecular formula is C17H20N2O2. The van der Waals surface area contributed by atoms with E-state index in [1.807, 2.05) is 42.5 Å². The number of hydrogen-bond acceptors (Lipinski definition) is 3. The molecule has 110 valence electrons. The van der Waals surface area contributed by atoms with Gasteiger partial charge in [0.1, 0.15) is 5.75 Å². The number of carbonyl (C=O) groups is 1. The lowest BCUT2D eigenvalue weighted by atomic mass is 10.1.